The lowest BCUT2D eigenvalue weighted by molar-refractivity contribution is 0.112. The molecule has 2 aromatic rings. The Bertz CT molecular complexity index is 616. The van der Waals surface area contributed by atoms with E-state index < -0.39 is 0 Å². The molecular formula is C16H22N4O. The molecule has 0 atom stereocenters. The van der Waals surface area contributed by atoms with Crippen LogP contribution in [0.25, 0.3) is 11.0 Å². The number of pyridine rings is 1. The van der Waals surface area contributed by atoms with Crippen LogP contribution in [-0.2, 0) is 0 Å². The monoisotopic (exact) mass is 286 g/mol. The Hall–Kier alpha value is -1.88. The Morgan fingerprint density at radius 3 is 2.95 bits per heavy atom. The van der Waals surface area contributed by atoms with Gasteiger partial charge in [0.2, 0.25) is 0 Å². The van der Waals surface area contributed by atoms with Crippen molar-refractivity contribution in [1.82, 2.24) is 15.3 Å². The van der Waals surface area contributed by atoms with Crippen LogP contribution in [0.5, 0.6) is 0 Å². The number of H-pyrrole nitrogens is 1. The zero-order chi connectivity index (χ0) is 14.7. The number of aldehydes is 1. The van der Waals surface area contributed by atoms with E-state index in [2.05, 4.69) is 20.2 Å². The van der Waals surface area contributed by atoms with Crippen LogP contribution in [0.2, 0.25) is 0 Å². The van der Waals surface area contributed by atoms with Crippen molar-refractivity contribution in [2.45, 2.75) is 38.1 Å². The van der Waals surface area contributed by atoms with E-state index in [9.17, 15) is 4.79 Å². The number of nitrogens with one attached hydrogen (secondary N) is 2. The third-order valence-electron chi connectivity index (χ3n) is 4.34. The lowest BCUT2D eigenvalue weighted by Crippen LogP contribution is -2.42. The average molecular weight is 286 g/mol. The summed E-state index contributed by atoms with van der Waals surface area (Å²) in [4.78, 5) is 21.3. The van der Waals surface area contributed by atoms with Gasteiger partial charge in [-0.1, -0.05) is 19.3 Å². The van der Waals surface area contributed by atoms with Crippen LogP contribution in [0.3, 0.4) is 0 Å². The lowest BCUT2D eigenvalue weighted by atomic mass is 9.93. The molecule has 5 heteroatoms. The summed E-state index contributed by atoms with van der Waals surface area (Å²) in [5.41, 5.74) is 2.52. The van der Waals surface area contributed by atoms with E-state index in [0.29, 0.717) is 11.6 Å². The Morgan fingerprint density at radius 1 is 1.43 bits per heavy atom. The van der Waals surface area contributed by atoms with Crippen molar-refractivity contribution in [3.05, 3.63) is 24.0 Å². The minimum atomic E-state index is 0.491. The van der Waals surface area contributed by atoms with Gasteiger partial charge in [0, 0.05) is 23.8 Å². The molecule has 2 N–H and O–H groups in total. The van der Waals surface area contributed by atoms with Crippen molar-refractivity contribution in [3.8, 4) is 0 Å². The molecule has 0 aromatic carbocycles. The third-order valence-corrected chi connectivity index (χ3v) is 4.34. The molecule has 21 heavy (non-hydrogen) atoms. The summed E-state index contributed by atoms with van der Waals surface area (Å²) < 4.78 is 0. The first-order chi connectivity index (χ1) is 10.3. The van der Waals surface area contributed by atoms with Crippen molar-refractivity contribution in [2.75, 3.05) is 18.6 Å². The Balaban J connectivity index is 2.08. The van der Waals surface area contributed by atoms with Gasteiger partial charge in [-0.15, -0.1) is 0 Å². The highest BCUT2D eigenvalue weighted by atomic mass is 16.1. The number of rotatable bonds is 5. The van der Waals surface area contributed by atoms with E-state index >= 15 is 0 Å². The number of carbonyl (C=O) groups excluding carboxylic acids is 1. The second kappa shape index (κ2) is 6.26. The lowest BCUT2D eigenvalue weighted by Gasteiger charge is -2.37. The number of hydrogen-bond donors (Lipinski definition) is 2. The molecule has 2 heterocycles. The van der Waals surface area contributed by atoms with Gasteiger partial charge in [0.25, 0.3) is 0 Å². The highest BCUT2D eigenvalue weighted by Crippen LogP contribution is 2.33. The van der Waals surface area contributed by atoms with Crippen LogP contribution in [-0.4, -0.2) is 36.0 Å². The maximum atomic E-state index is 11.5. The highest BCUT2D eigenvalue weighted by Gasteiger charge is 2.25. The van der Waals surface area contributed by atoms with Gasteiger partial charge >= 0.3 is 0 Å². The number of fused-ring (bicyclic) bond motifs is 1. The number of carbonyl (C=O) groups is 1. The molecule has 0 spiro atoms. The van der Waals surface area contributed by atoms with Gasteiger partial charge in [-0.05, 0) is 26.0 Å². The van der Waals surface area contributed by atoms with Crippen molar-refractivity contribution >= 4 is 23.0 Å². The fourth-order valence-corrected chi connectivity index (χ4v) is 3.37. The molecule has 3 rings (SSSR count). The standard InChI is InChI=1S/C16H22N4O/c1-17-11-20(13-5-3-2-4-6-13)15-12(10-21)9-19-16-14(15)7-8-18-16/h7-10,13,17H,2-6,11H2,1H3,(H,18,19). The number of hydrogen-bond acceptors (Lipinski definition) is 4. The van der Waals surface area contributed by atoms with Gasteiger partial charge in [0.1, 0.15) is 5.65 Å². The number of anilines is 1. The molecule has 1 fully saturated rings. The van der Waals surface area contributed by atoms with E-state index in [1.807, 2.05) is 19.3 Å². The second-order valence-corrected chi connectivity index (χ2v) is 5.69. The molecule has 0 saturated heterocycles. The predicted octanol–water partition coefficient (Wildman–Crippen LogP) is 2.69. The SMILES string of the molecule is CNCN(c1c(C=O)cnc2[nH]ccc12)C1CCCCC1. The molecule has 0 bridgehead atoms. The van der Waals surface area contributed by atoms with Crippen LogP contribution in [0.4, 0.5) is 5.69 Å². The van der Waals surface area contributed by atoms with Crippen LogP contribution in [0.15, 0.2) is 18.5 Å². The number of aromatic amines is 1. The largest absolute Gasteiger partial charge is 0.355 e. The first-order valence-electron chi connectivity index (χ1n) is 7.67. The van der Waals surface area contributed by atoms with Gasteiger partial charge in [-0.3, -0.25) is 4.79 Å². The molecule has 0 aliphatic heterocycles. The summed E-state index contributed by atoms with van der Waals surface area (Å²) in [6.07, 6.45) is 10.7. The Morgan fingerprint density at radius 2 is 2.24 bits per heavy atom. The molecule has 2 aromatic heterocycles. The summed E-state index contributed by atoms with van der Waals surface area (Å²) in [6.45, 7) is 0.746. The van der Waals surface area contributed by atoms with Crippen LogP contribution >= 0.6 is 0 Å². The van der Waals surface area contributed by atoms with Crippen LogP contribution in [0.1, 0.15) is 42.5 Å². The first kappa shape index (κ1) is 14.1. The van der Waals surface area contributed by atoms with E-state index in [1.54, 1.807) is 6.20 Å². The summed E-state index contributed by atoms with van der Waals surface area (Å²) >= 11 is 0. The van der Waals surface area contributed by atoms with Crippen molar-refractivity contribution in [3.63, 3.8) is 0 Å². The first-order valence-corrected chi connectivity index (χ1v) is 7.67. The molecule has 0 unspecified atom stereocenters. The molecule has 5 nitrogen and oxygen atoms in total. The summed E-state index contributed by atoms with van der Waals surface area (Å²) in [6, 6.07) is 2.50. The maximum absolute atomic E-state index is 11.5. The number of aromatic nitrogens is 2. The van der Waals surface area contributed by atoms with Gasteiger partial charge < -0.3 is 15.2 Å². The van der Waals surface area contributed by atoms with E-state index in [1.165, 1.54) is 32.1 Å². The zero-order valence-electron chi connectivity index (χ0n) is 12.4. The predicted molar refractivity (Wildman–Crippen MR) is 84.8 cm³/mol. The van der Waals surface area contributed by atoms with Gasteiger partial charge in [0.15, 0.2) is 6.29 Å². The van der Waals surface area contributed by atoms with Crippen LogP contribution in [0, 0.1) is 0 Å². The fourth-order valence-electron chi connectivity index (χ4n) is 3.37. The zero-order valence-corrected chi connectivity index (χ0v) is 12.4. The molecule has 1 aliphatic rings. The van der Waals surface area contributed by atoms with Gasteiger partial charge in [-0.25, -0.2) is 4.98 Å². The smallest absolute Gasteiger partial charge is 0.153 e. The minimum Gasteiger partial charge on any atom is -0.355 e. The quantitative estimate of drug-likeness (QED) is 0.655. The van der Waals surface area contributed by atoms with Gasteiger partial charge in [0.05, 0.1) is 17.9 Å². The topological polar surface area (TPSA) is 61.0 Å². The Labute approximate surface area is 124 Å². The van der Waals surface area contributed by atoms with E-state index in [4.69, 9.17) is 0 Å². The van der Waals surface area contributed by atoms with E-state index in [0.717, 1.165) is 29.7 Å². The summed E-state index contributed by atoms with van der Waals surface area (Å²) in [5.74, 6) is 0. The maximum Gasteiger partial charge on any atom is 0.153 e. The van der Waals surface area contributed by atoms with Crippen LogP contribution < -0.4 is 10.2 Å². The minimum absolute atomic E-state index is 0.491. The Kier molecular flexibility index (Phi) is 4.20. The summed E-state index contributed by atoms with van der Waals surface area (Å²) in [7, 11) is 1.95. The number of nitrogens with zero attached hydrogens (tertiary/aromatic N) is 2. The molecule has 0 radical (unpaired) electrons. The molecule has 1 saturated carbocycles. The molecular weight excluding hydrogens is 264 g/mol. The normalized spacial score (nSPS) is 16.2. The fraction of sp³-hybridized carbons (Fsp3) is 0.500. The molecule has 1 aliphatic carbocycles. The molecule has 112 valence electrons. The third kappa shape index (κ3) is 2.65. The molecule has 0 amide bonds. The van der Waals surface area contributed by atoms with E-state index in [-0.39, 0.29) is 0 Å². The van der Waals surface area contributed by atoms with Gasteiger partial charge in [-0.2, -0.15) is 0 Å². The second-order valence-electron chi connectivity index (χ2n) is 5.69. The summed E-state index contributed by atoms with van der Waals surface area (Å²) in [5, 5.41) is 4.28. The van der Waals surface area contributed by atoms with Crippen molar-refractivity contribution < 1.29 is 4.79 Å². The highest BCUT2D eigenvalue weighted by molar-refractivity contribution is 5.99. The van der Waals surface area contributed by atoms with Crippen molar-refractivity contribution in [1.29, 1.82) is 0 Å². The average Bonchev–Trinajstić information content (AvgIpc) is 3.01. The van der Waals surface area contributed by atoms with Crippen molar-refractivity contribution in [2.24, 2.45) is 0 Å².